The average molecular weight is 370 g/mol. The van der Waals surface area contributed by atoms with Gasteiger partial charge in [0.25, 0.3) is 5.91 Å². The third-order valence-corrected chi connectivity index (χ3v) is 4.17. The van der Waals surface area contributed by atoms with Crippen LogP contribution in [0.25, 0.3) is 0 Å². The Bertz CT molecular complexity index is 857. The molecule has 0 aliphatic carbocycles. The van der Waals surface area contributed by atoms with Gasteiger partial charge in [-0.1, -0.05) is 12.1 Å². The predicted octanol–water partition coefficient (Wildman–Crippen LogP) is 3.14. The maximum atomic E-state index is 12.4. The van der Waals surface area contributed by atoms with E-state index in [2.05, 4.69) is 15.6 Å². The second-order valence-corrected chi connectivity index (χ2v) is 6.37. The molecule has 1 aromatic heterocycles. The summed E-state index contributed by atoms with van der Waals surface area (Å²) in [6.45, 7) is 6.30. The number of nitrogens with one attached hydrogen (secondary N) is 1. The number of ether oxygens (including phenoxy) is 1. The number of carbonyl (C=O) groups is 2. The summed E-state index contributed by atoms with van der Waals surface area (Å²) in [5, 5.41) is 12.6. The second kappa shape index (κ2) is 8.03. The molecule has 0 spiro atoms. The van der Waals surface area contributed by atoms with Crippen LogP contribution in [0.5, 0.6) is 0 Å². The number of rotatable bonds is 6. The van der Waals surface area contributed by atoms with E-state index in [4.69, 9.17) is 9.26 Å². The predicted molar refractivity (Wildman–Crippen MR) is 101 cm³/mol. The maximum Gasteiger partial charge on any atom is 0.338 e. The zero-order valence-corrected chi connectivity index (χ0v) is 15.6. The normalized spacial score (nSPS) is 14.6. The van der Waals surface area contributed by atoms with E-state index in [1.165, 1.54) is 0 Å². The summed E-state index contributed by atoms with van der Waals surface area (Å²) in [5.41, 5.74) is 2.37. The number of benzene rings is 1. The van der Waals surface area contributed by atoms with E-state index in [0.29, 0.717) is 17.7 Å². The minimum atomic E-state index is -0.917. The number of carbonyl (C=O) groups excluding carboxylic acids is 2. The molecule has 27 heavy (non-hydrogen) atoms. The van der Waals surface area contributed by atoms with Crippen LogP contribution >= 0.6 is 0 Å². The molecule has 8 nitrogen and oxygen atoms in total. The molecule has 2 aromatic rings. The molecule has 1 unspecified atom stereocenters. The highest BCUT2D eigenvalue weighted by atomic mass is 16.5. The van der Waals surface area contributed by atoms with Crippen molar-refractivity contribution in [2.24, 2.45) is 5.10 Å². The van der Waals surface area contributed by atoms with Crippen molar-refractivity contribution in [1.29, 1.82) is 0 Å². The van der Waals surface area contributed by atoms with Crippen molar-refractivity contribution in [2.75, 3.05) is 16.9 Å². The van der Waals surface area contributed by atoms with Crippen molar-refractivity contribution >= 4 is 29.1 Å². The highest BCUT2D eigenvalue weighted by molar-refractivity contribution is 5.97. The van der Waals surface area contributed by atoms with Crippen molar-refractivity contribution in [1.82, 2.24) is 5.16 Å². The minimum Gasteiger partial charge on any atom is -0.449 e. The molecule has 2 heterocycles. The monoisotopic (exact) mass is 370 g/mol. The van der Waals surface area contributed by atoms with Crippen LogP contribution < -0.4 is 10.3 Å². The van der Waals surface area contributed by atoms with Gasteiger partial charge in [0, 0.05) is 24.7 Å². The van der Waals surface area contributed by atoms with E-state index < -0.39 is 18.0 Å². The number of hydrazone groups is 1. The summed E-state index contributed by atoms with van der Waals surface area (Å²) in [6.07, 6.45) is 0.358. The molecule has 0 saturated heterocycles. The van der Waals surface area contributed by atoms with Crippen LogP contribution in [0.2, 0.25) is 0 Å². The van der Waals surface area contributed by atoms with Gasteiger partial charge in [-0.05, 0) is 44.5 Å². The molecule has 1 amide bonds. The van der Waals surface area contributed by atoms with Crippen molar-refractivity contribution in [3.8, 4) is 0 Å². The van der Waals surface area contributed by atoms with Gasteiger partial charge in [0.2, 0.25) is 0 Å². The summed E-state index contributed by atoms with van der Waals surface area (Å²) in [6, 6.07) is 8.57. The third-order valence-electron chi connectivity index (χ3n) is 4.17. The molecule has 0 bridgehead atoms. The fourth-order valence-electron chi connectivity index (χ4n) is 2.68. The molecule has 3 rings (SSSR count). The van der Waals surface area contributed by atoms with E-state index in [1.807, 2.05) is 24.1 Å². The number of hydrogen-bond acceptors (Lipinski definition) is 7. The van der Waals surface area contributed by atoms with Crippen LogP contribution in [-0.2, 0) is 9.53 Å². The lowest BCUT2D eigenvalue weighted by molar-refractivity contribution is -0.124. The van der Waals surface area contributed by atoms with Gasteiger partial charge in [0.15, 0.2) is 11.9 Å². The number of hydrogen-bond donors (Lipinski definition) is 1. The van der Waals surface area contributed by atoms with Gasteiger partial charge in [-0.15, -0.1) is 0 Å². The summed E-state index contributed by atoms with van der Waals surface area (Å²) in [4.78, 5) is 24.7. The molecule has 8 heteroatoms. The fourth-order valence-corrected chi connectivity index (χ4v) is 2.68. The van der Waals surface area contributed by atoms with Crippen LogP contribution in [0.1, 0.15) is 42.8 Å². The van der Waals surface area contributed by atoms with Crippen molar-refractivity contribution < 1.29 is 18.8 Å². The van der Waals surface area contributed by atoms with E-state index in [-0.39, 0.29) is 5.82 Å². The molecule has 1 aromatic carbocycles. The Balaban J connectivity index is 1.61. The lowest BCUT2D eigenvalue weighted by Gasteiger charge is -2.16. The molecule has 1 N–H and O–H groups in total. The highest BCUT2D eigenvalue weighted by Crippen LogP contribution is 2.20. The number of nitrogens with zero attached hydrogens (tertiary/aromatic N) is 3. The van der Waals surface area contributed by atoms with E-state index in [0.717, 1.165) is 24.4 Å². The topological polar surface area (TPSA) is 97.0 Å². The average Bonchev–Trinajstić information content (AvgIpc) is 3.27. The molecular formula is C19H22N4O4. The van der Waals surface area contributed by atoms with E-state index in [9.17, 15) is 9.59 Å². The molecule has 1 atom stereocenters. The molecular weight excluding hydrogens is 348 g/mol. The standard InChI is InChI=1S/C19H22N4O4/c1-4-16(18(24)20-17-11-13(3)27-22-17)26-19(25)14-5-7-15(8-6-14)23-10-9-12(2)21-23/h5-8,11,16H,4,9-10H2,1-3H3,(H,20,22,24). The SMILES string of the molecule is CCC(OC(=O)c1ccc(N2CCC(C)=N2)cc1)C(=O)Nc1cc(C)on1. The van der Waals surface area contributed by atoms with Crippen molar-refractivity contribution in [3.63, 3.8) is 0 Å². The Kier molecular flexibility index (Phi) is 5.54. The Hall–Kier alpha value is -3.16. The van der Waals surface area contributed by atoms with Crippen LogP contribution in [0.4, 0.5) is 11.5 Å². The second-order valence-electron chi connectivity index (χ2n) is 6.37. The van der Waals surface area contributed by atoms with Crippen molar-refractivity contribution in [3.05, 3.63) is 41.7 Å². The zero-order chi connectivity index (χ0) is 19.4. The van der Waals surface area contributed by atoms with Gasteiger partial charge in [0.1, 0.15) is 5.76 Å². The summed E-state index contributed by atoms with van der Waals surface area (Å²) < 4.78 is 10.3. The molecule has 142 valence electrons. The quantitative estimate of drug-likeness (QED) is 0.785. The fraction of sp³-hybridized carbons (Fsp3) is 0.368. The Morgan fingerprint density at radius 2 is 2.04 bits per heavy atom. The van der Waals surface area contributed by atoms with Gasteiger partial charge in [-0.3, -0.25) is 9.80 Å². The van der Waals surface area contributed by atoms with E-state index in [1.54, 1.807) is 32.0 Å². The lowest BCUT2D eigenvalue weighted by atomic mass is 10.2. The first-order chi connectivity index (χ1) is 13.0. The summed E-state index contributed by atoms with van der Waals surface area (Å²) in [5.74, 6) is -0.135. The number of anilines is 2. The lowest BCUT2D eigenvalue weighted by Crippen LogP contribution is -2.32. The third kappa shape index (κ3) is 4.52. The Morgan fingerprint density at radius 1 is 1.30 bits per heavy atom. The van der Waals surface area contributed by atoms with Crippen LogP contribution in [0.15, 0.2) is 40.0 Å². The van der Waals surface area contributed by atoms with Gasteiger partial charge in [-0.25, -0.2) is 4.79 Å². The van der Waals surface area contributed by atoms with E-state index >= 15 is 0 Å². The molecule has 1 aliphatic heterocycles. The number of amides is 1. The highest BCUT2D eigenvalue weighted by Gasteiger charge is 2.23. The van der Waals surface area contributed by atoms with Crippen LogP contribution in [-0.4, -0.2) is 35.4 Å². The van der Waals surface area contributed by atoms with Crippen molar-refractivity contribution in [2.45, 2.75) is 39.7 Å². The first kappa shape index (κ1) is 18.6. The first-order valence-electron chi connectivity index (χ1n) is 8.83. The number of aromatic nitrogens is 1. The molecule has 0 saturated carbocycles. The van der Waals surface area contributed by atoms with Crippen LogP contribution in [0.3, 0.4) is 0 Å². The molecule has 0 radical (unpaired) electrons. The zero-order valence-electron chi connectivity index (χ0n) is 15.6. The Morgan fingerprint density at radius 3 is 2.59 bits per heavy atom. The van der Waals surface area contributed by atoms with Gasteiger partial charge in [0.05, 0.1) is 11.3 Å². The van der Waals surface area contributed by atoms with Gasteiger partial charge in [-0.2, -0.15) is 5.10 Å². The largest absolute Gasteiger partial charge is 0.449 e. The van der Waals surface area contributed by atoms with Crippen LogP contribution in [0, 0.1) is 6.92 Å². The van der Waals surface area contributed by atoms with Gasteiger partial charge < -0.3 is 14.6 Å². The minimum absolute atomic E-state index is 0.290. The number of esters is 1. The van der Waals surface area contributed by atoms with Gasteiger partial charge >= 0.3 is 5.97 Å². The summed E-state index contributed by atoms with van der Waals surface area (Å²) >= 11 is 0. The maximum absolute atomic E-state index is 12.4. The molecule has 0 fully saturated rings. The first-order valence-corrected chi connectivity index (χ1v) is 8.83. The summed E-state index contributed by atoms with van der Waals surface area (Å²) in [7, 11) is 0. The molecule has 1 aliphatic rings. The Labute approximate surface area is 157 Å². The smallest absolute Gasteiger partial charge is 0.338 e. The number of aryl methyl sites for hydroxylation is 1.